The normalized spacial score (nSPS) is 52.0. The fourth-order valence-corrected chi connectivity index (χ4v) is 8.46. The molecule has 0 aromatic carbocycles. The molecule has 6 aliphatic rings. The predicted molar refractivity (Wildman–Crippen MR) is 101 cm³/mol. The van der Waals surface area contributed by atoms with Crippen molar-refractivity contribution in [1.29, 1.82) is 0 Å². The van der Waals surface area contributed by atoms with Crippen molar-refractivity contribution in [1.82, 2.24) is 0 Å². The molecule has 6 rings (SSSR count). The summed E-state index contributed by atoms with van der Waals surface area (Å²) in [5.41, 5.74) is 3.34. The van der Waals surface area contributed by atoms with Crippen molar-refractivity contribution in [2.75, 3.05) is 6.61 Å². The number of hydrogen-bond donors (Lipinski definition) is 1. The third-order valence-corrected chi connectivity index (χ3v) is 9.69. The first-order valence-corrected chi connectivity index (χ1v) is 10.9. The average molecular weight is 354 g/mol. The van der Waals surface area contributed by atoms with Gasteiger partial charge in [0.05, 0.1) is 17.9 Å². The van der Waals surface area contributed by atoms with Crippen LogP contribution in [0.2, 0.25) is 0 Å². The second kappa shape index (κ2) is 5.04. The molecule has 3 nitrogen and oxygen atoms in total. The fraction of sp³-hybridized carbons (Fsp3) is 0.783. The molecule has 0 radical (unpaired) electrons. The maximum Gasteiger partial charge on any atom is 0.0979 e. The first-order valence-electron chi connectivity index (χ1n) is 10.9. The lowest BCUT2D eigenvalue weighted by Gasteiger charge is -2.56. The molecule has 4 saturated carbocycles. The van der Waals surface area contributed by atoms with Crippen LogP contribution in [0, 0.1) is 34.5 Å². The molecule has 1 N–H and O–H groups in total. The summed E-state index contributed by atoms with van der Waals surface area (Å²) in [5.74, 6) is 3.30. The maximum atomic E-state index is 9.18. The lowest BCUT2D eigenvalue weighted by Crippen LogP contribution is -2.54. The van der Waals surface area contributed by atoms with E-state index < -0.39 is 0 Å². The highest BCUT2D eigenvalue weighted by Gasteiger charge is 2.76. The molecule has 0 bridgehead atoms. The summed E-state index contributed by atoms with van der Waals surface area (Å²) in [5, 5.41) is 12.7. The van der Waals surface area contributed by atoms with Crippen LogP contribution < -0.4 is 0 Å². The van der Waals surface area contributed by atoms with Crippen molar-refractivity contribution in [2.24, 2.45) is 39.7 Å². The van der Waals surface area contributed by atoms with Crippen molar-refractivity contribution in [3.05, 3.63) is 23.8 Å². The standard InChI is InChI=1S/C23H31NO2/c1-21-9-7-18-17-6-4-16(24-25)13-15(17)3-5-19(18)20(21)14-22(10-11-22)23(21)8-2-12-26-23/h2,8,13,17-20,25H,3-7,9-12,14H2,1H3/t17?,18?,19?,20?,21-,23+/m0/s1. The molecule has 140 valence electrons. The Morgan fingerprint density at radius 1 is 1.12 bits per heavy atom. The minimum absolute atomic E-state index is 0.0506. The van der Waals surface area contributed by atoms with Gasteiger partial charge in [0, 0.05) is 10.8 Å². The first kappa shape index (κ1) is 15.9. The van der Waals surface area contributed by atoms with Gasteiger partial charge in [0.25, 0.3) is 0 Å². The van der Waals surface area contributed by atoms with Crippen LogP contribution >= 0.6 is 0 Å². The van der Waals surface area contributed by atoms with Crippen LogP contribution in [0.5, 0.6) is 0 Å². The Bertz CT molecular complexity index is 732. The largest absolute Gasteiger partial charge is 0.411 e. The van der Waals surface area contributed by atoms with Crippen LogP contribution in [-0.4, -0.2) is 23.1 Å². The van der Waals surface area contributed by atoms with Crippen molar-refractivity contribution in [2.45, 2.75) is 70.3 Å². The van der Waals surface area contributed by atoms with E-state index in [1.165, 1.54) is 51.4 Å². The highest BCUT2D eigenvalue weighted by molar-refractivity contribution is 5.96. The molecule has 1 aliphatic heterocycles. The summed E-state index contributed by atoms with van der Waals surface area (Å²) >= 11 is 0. The summed E-state index contributed by atoms with van der Waals surface area (Å²) < 4.78 is 6.60. The van der Waals surface area contributed by atoms with Gasteiger partial charge in [0.1, 0.15) is 0 Å². The second-order valence-corrected chi connectivity index (χ2v) is 10.3. The van der Waals surface area contributed by atoms with Crippen molar-refractivity contribution in [3.63, 3.8) is 0 Å². The Kier molecular flexibility index (Phi) is 3.08. The van der Waals surface area contributed by atoms with E-state index in [0.717, 1.165) is 42.4 Å². The number of nitrogens with zero attached hydrogens (tertiary/aromatic N) is 1. The molecule has 5 aliphatic carbocycles. The molecule has 0 aromatic rings. The van der Waals surface area contributed by atoms with Crippen molar-refractivity contribution in [3.8, 4) is 0 Å². The highest BCUT2D eigenvalue weighted by Crippen LogP contribution is 2.78. The van der Waals surface area contributed by atoms with Gasteiger partial charge >= 0.3 is 0 Å². The summed E-state index contributed by atoms with van der Waals surface area (Å²) in [6.45, 7) is 3.41. The lowest BCUT2D eigenvalue weighted by atomic mass is 9.50. The van der Waals surface area contributed by atoms with Crippen LogP contribution in [0.15, 0.2) is 29.0 Å². The number of ether oxygens (including phenoxy) is 1. The molecular weight excluding hydrogens is 322 g/mol. The molecule has 0 saturated heterocycles. The number of hydrogen-bond acceptors (Lipinski definition) is 3. The van der Waals surface area contributed by atoms with Gasteiger partial charge < -0.3 is 9.94 Å². The van der Waals surface area contributed by atoms with Gasteiger partial charge in [-0.1, -0.05) is 29.8 Å². The smallest absolute Gasteiger partial charge is 0.0979 e. The molecule has 0 aromatic heterocycles. The average Bonchev–Trinajstić information content (AvgIpc) is 3.20. The molecule has 6 atom stereocenters. The highest BCUT2D eigenvalue weighted by atomic mass is 16.5. The second-order valence-electron chi connectivity index (χ2n) is 10.3. The topological polar surface area (TPSA) is 41.8 Å². The molecule has 26 heavy (non-hydrogen) atoms. The summed E-state index contributed by atoms with van der Waals surface area (Å²) in [7, 11) is 0. The number of allylic oxidation sites excluding steroid dienone is 2. The van der Waals surface area contributed by atoms with Crippen molar-refractivity contribution >= 4 is 5.71 Å². The molecular formula is C23H31NO2. The lowest BCUT2D eigenvalue weighted by molar-refractivity contribution is -0.128. The van der Waals surface area contributed by atoms with E-state index in [0.29, 0.717) is 10.8 Å². The van der Waals surface area contributed by atoms with E-state index in [4.69, 9.17) is 4.74 Å². The summed E-state index contributed by atoms with van der Waals surface area (Å²) in [6, 6.07) is 0. The van der Waals surface area contributed by atoms with Gasteiger partial charge in [-0.15, -0.1) is 0 Å². The van der Waals surface area contributed by atoms with E-state index in [9.17, 15) is 5.21 Å². The molecule has 4 fully saturated rings. The van der Waals surface area contributed by atoms with Crippen LogP contribution in [0.3, 0.4) is 0 Å². The van der Waals surface area contributed by atoms with Gasteiger partial charge in [-0.25, -0.2) is 0 Å². The zero-order chi connectivity index (χ0) is 17.6. The minimum Gasteiger partial charge on any atom is -0.411 e. The molecule has 2 spiro atoms. The minimum atomic E-state index is 0.0506. The van der Waals surface area contributed by atoms with Crippen LogP contribution in [0.25, 0.3) is 0 Å². The number of oxime groups is 1. The summed E-state index contributed by atoms with van der Waals surface area (Å²) in [6.07, 6.45) is 18.6. The monoisotopic (exact) mass is 353 g/mol. The molecule has 1 heterocycles. The van der Waals surface area contributed by atoms with E-state index in [-0.39, 0.29) is 5.60 Å². The van der Waals surface area contributed by atoms with E-state index >= 15 is 0 Å². The quantitative estimate of drug-likeness (QED) is 0.374. The van der Waals surface area contributed by atoms with Gasteiger partial charge in [-0.2, -0.15) is 0 Å². The number of fused-ring (bicyclic) bond motifs is 7. The van der Waals surface area contributed by atoms with Gasteiger partial charge in [0.2, 0.25) is 0 Å². The van der Waals surface area contributed by atoms with E-state index in [1.807, 2.05) is 0 Å². The Morgan fingerprint density at radius 2 is 2.00 bits per heavy atom. The zero-order valence-electron chi connectivity index (χ0n) is 15.9. The number of rotatable bonds is 0. The molecule has 3 heteroatoms. The van der Waals surface area contributed by atoms with Crippen LogP contribution in [0.4, 0.5) is 0 Å². The SMILES string of the molecule is C[C@]12CCC3C4CCC(=NO)C=C4CCC3C1CC1(CC1)[C@@]21C=CCO1. The Morgan fingerprint density at radius 3 is 2.73 bits per heavy atom. The molecule has 4 unspecified atom stereocenters. The van der Waals surface area contributed by atoms with Crippen molar-refractivity contribution < 1.29 is 9.94 Å². The van der Waals surface area contributed by atoms with Crippen LogP contribution in [-0.2, 0) is 4.74 Å². The summed E-state index contributed by atoms with van der Waals surface area (Å²) in [4.78, 5) is 0. The fourth-order valence-electron chi connectivity index (χ4n) is 8.46. The Labute approximate surface area is 156 Å². The first-order chi connectivity index (χ1) is 12.6. The van der Waals surface area contributed by atoms with Crippen LogP contribution in [0.1, 0.15) is 64.7 Å². The molecule has 0 amide bonds. The maximum absolute atomic E-state index is 9.18. The van der Waals surface area contributed by atoms with E-state index in [1.54, 1.807) is 5.57 Å². The van der Waals surface area contributed by atoms with Gasteiger partial charge in [-0.3, -0.25) is 0 Å². The Hall–Kier alpha value is -1.09. The van der Waals surface area contributed by atoms with Gasteiger partial charge in [-0.05, 0) is 87.5 Å². The van der Waals surface area contributed by atoms with E-state index in [2.05, 4.69) is 30.3 Å². The third-order valence-electron chi connectivity index (χ3n) is 9.69. The van der Waals surface area contributed by atoms with Gasteiger partial charge in [0.15, 0.2) is 0 Å². The zero-order valence-corrected chi connectivity index (χ0v) is 15.9. The third kappa shape index (κ3) is 1.72. The Balaban J connectivity index is 1.36. The predicted octanol–water partition coefficient (Wildman–Crippen LogP) is 5.10.